The van der Waals surface area contributed by atoms with Crippen molar-refractivity contribution in [3.05, 3.63) is 0 Å². The predicted octanol–water partition coefficient (Wildman–Crippen LogP) is 0.918. The van der Waals surface area contributed by atoms with E-state index in [4.69, 9.17) is 0 Å². The van der Waals surface area contributed by atoms with Crippen LogP contribution in [0.3, 0.4) is 0 Å². The maximum atomic E-state index is 10.1. The summed E-state index contributed by atoms with van der Waals surface area (Å²) in [6.45, 7) is 2.04. The molecule has 0 bridgehead atoms. The third kappa shape index (κ3) is 4.68. The van der Waals surface area contributed by atoms with E-state index in [1.807, 2.05) is 0 Å². The van der Waals surface area contributed by atoms with Crippen LogP contribution < -0.4 is 0 Å². The van der Waals surface area contributed by atoms with Crippen LogP contribution in [0.2, 0.25) is 0 Å². The minimum Gasteiger partial charge on any atom is -0.392 e. The van der Waals surface area contributed by atoms with Crippen molar-refractivity contribution < 1.29 is 5.11 Å². The summed E-state index contributed by atoms with van der Waals surface area (Å²) >= 11 is 0. The van der Waals surface area contributed by atoms with Gasteiger partial charge in [0.1, 0.15) is 0 Å². The Balaban J connectivity index is 0.00000196. The van der Waals surface area contributed by atoms with Crippen LogP contribution in [0.25, 0.3) is 0 Å². The summed E-state index contributed by atoms with van der Waals surface area (Å²) in [5, 5.41) is 10.1. The Hall–Kier alpha value is 0.170. The van der Waals surface area contributed by atoms with Gasteiger partial charge in [0.05, 0.1) is 6.10 Å². The Morgan fingerprint density at radius 1 is 0.933 bits per heavy atom. The number of aliphatic hydroxyl groups excluding tert-OH is 1. The number of halogens is 1. The molecule has 2 unspecified atom stereocenters. The van der Waals surface area contributed by atoms with Gasteiger partial charge in [-0.05, 0) is 52.9 Å². The standard InChI is InChI=1S/C11H24N2O.ClH/c1-12(2)7-9-5-6-10(11(9)14)8-13(3)4;/h9-11,14H,5-8H2,1-4H3;1H. The van der Waals surface area contributed by atoms with Crippen molar-refractivity contribution in [3.63, 3.8) is 0 Å². The van der Waals surface area contributed by atoms with E-state index in [9.17, 15) is 5.11 Å². The Morgan fingerprint density at radius 3 is 1.53 bits per heavy atom. The van der Waals surface area contributed by atoms with Gasteiger partial charge in [-0.15, -0.1) is 12.4 Å². The maximum Gasteiger partial charge on any atom is 0.0620 e. The molecule has 15 heavy (non-hydrogen) atoms. The second kappa shape index (κ2) is 6.69. The summed E-state index contributed by atoms with van der Waals surface area (Å²) in [6, 6.07) is 0. The van der Waals surface area contributed by atoms with Gasteiger partial charge < -0.3 is 14.9 Å². The molecule has 1 aliphatic carbocycles. The lowest BCUT2D eigenvalue weighted by Gasteiger charge is -2.24. The van der Waals surface area contributed by atoms with Gasteiger partial charge in [0.25, 0.3) is 0 Å². The molecule has 1 fully saturated rings. The van der Waals surface area contributed by atoms with Gasteiger partial charge in [-0.3, -0.25) is 0 Å². The van der Waals surface area contributed by atoms with Crippen molar-refractivity contribution in [2.24, 2.45) is 11.8 Å². The van der Waals surface area contributed by atoms with Gasteiger partial charge in [-0.2, -0.15) is 0 Å². The lowest BCUT2D eigenvalue weighted by atomic mass is 10.0. The van der Waals surface area contributed by atoms with Gasteiger partial charge in [-0.25, -0.2) is 0 Å². The second-order valence-corrected chi connectivity index (χ2v) is 5.11. The van der Waals surface area contributed by atoms with Crippen molar-refractivity contribution in [1.29, 1.82) is 0 Å². The zero-order valence-corrected chi connectivity index (χ0v) is 11.1. The van der Waals surface area contributed by atoms with E-state index >= 15 is 0 Å². The summed E-state index contributed by atoms with van der Waals surface area (Å²) in [5.41, 5.74) is 0. The van der Waals surface area contributed by atoms with Crippen LogP contribution in [0.5, 0.6) is 0 Å². The van der Waals surface area contributed by atoms with Crippen LogP contribution >= 0.6 is 12.4 Å². The van der Waals surface area contributed by atoms with Crippen molar-refractivity contribution in [2.75, 3.05) is 41.3 Å². The number of nitrogens with zero attached hydrogens (tertiary/aromatic N) is 2. The number of aliphatic hydroxyl groups is 1. The molecule has 1 saturated carbocycles. The first-order valence-corrected chi connectivity index (χ1v) is 5.48. The Morgan fingerprint density at radius 2 is 1.27 bits per heavy atom. The fourth-order valence-electron chi connectivity index (χ4n) is 2.49. The van der Waals surface area contributed by atoms with Gasteiger partial charge >= 0.3 is 0 Å². The normalized spacial score (nSPS) is 31.0. The Bertz CT molecular complexity index is 158. The maximum absolute atomic E-state index is 10.1. The smallest absolute Gasteiger partial charge is 0.0620 e. The first-order chi connectivity index (χ1) is 6.50. The highest BCUT2D eigenvalue weighted by Gasteiger charge is 2.34. The van der Waals surface area contributed by atoms with Crippen LogP contribution in [0.4, 0.5) is 0 Å². The van der Waals surface area contributed by atoms with Crippen LogP contribution in [0.15, 0.2) is 0 Å². The monoisotopic (exact) mass is 236 g/mol. The highest BCUT2D eigenvalue weighted by atomic mass is 35.5. The number of hydrogen-bond donors (Lipinski definition) is 1. The molecular weight excluding hydrogens is 212 g/mol. The van der Waals surface area contributed by atoms with E-state index in [-0.39, 0.29) is 18.5 Å². The summed E-state index contributed by atoms with van der Waals surface area (Å²) in [4.78, 5) is 4.35. The molecule has 0 radical (unpaired) electrons. The molecule has 1 rings (SSSR count). The van der Waals surface area contributed by atoms with Gasteiger partial charge in [0.15, 0.2) is 0 Å². The summed E-state index contributed by atoms with van der Waals surface area (Å²) in [7, 11) is 8.30. The summed E-state index contributed by atoms with van der Waals surface area (Å²) in [6.07, 6.45) is 2.26. The van der Waals surface area contributed by atoms with Crippen molar-refractivity contribution in [2.45, 2.75) is 18.9 Å². The molecule has 0 heterocycles. The lowest BCUT2D eigenvalue weighted by molar-refractivity contribution is 0.0682. The molecule has 92 valence electrons. The molecule has 1 N–H and O–H groups in total. The van der Waals surface area contributed by atoms with E-state index in [1.54, 1.807) is 0 Å². The quantitative estimate of drug-likeness (QED) is 0.787. The number of hydrogen-bond acceptors (Lipinski definition) is 3. The van der Waals surface area contributed by atoms with Crippen molar-refractivity contribution >= 4 is 12.4 Å². The second-order valence-electron chi connectivity index (χ2n) is 5.11. The van der Waals surface area contributed by atoms with Gasteiger partial charge in [0.2, 0.25) is 0 Å². The molecule has 3 nitrogen and oxygen atoms in total. The molecule has 0 spiro atoms. The van der Waals surface area contributed by atoms with E-state index < -0.39 is 0 Å². The Kier molecular flexibility index (Phi) is 6.76. The Labute approximate surface area is 99.8 Å². The topological polar surface area (TPSA) is 26.7 Å². The minimum absolute atomic E-state index is 0. The summed E-state index contributed by atoms with van der Waals surface area (Å²) < 4.78 is 0. The fraction of sp³-hybridized carbons (Fsp3) is 1.00. The highest BCUT2D eigenvalue weighted by molar-refractivity contribution is 5.85. The molecule has 2 atom stereocenters. The fourth-order valence-corrected chi connectivity index (χ4v) is 2.49. The van der Waals surface area contributed by atoms with Crippen LogP contribution in [0, 0.1) is 11.8 Å². The van der Waals surface area contributed by atoms with Crippen molar-refractivity contribution in [1.82, 2.24) is 9.80 Å². The molecule has 0 aromatic carbocycles. The zero-order chi connectivity index (χ0) is 10.7. The molecular formula is C11H25ClN2O. The molecule has 0 amide bonds. The third-order valence-electron chi connectivity index (χ3n) is 3.07. The zero-order valence-electron chi connectivity index (χ0n) is 10.3. The first-order valence-electron chi connectivity index (χ1n) is 5.48. The van der Waals surface area contributed by atoms with Crippen LogP contribution in [-0.2, 0) is 0 Å². The average molecular weight is 237 g/mol. The van der Waals surface area contributed by atoms with Gasteiger partial charge in [-0.1, -0.05) is 0 Å². The molecule has 0 aromatic rings. The van der Waals surface area contributed by atoms with Crippen LogP contribution in [0.1, 0.15) is 12.8 Å². The first kappa shape index (κ1) is 15.2. The van der Waals surface area contributed by atoms with Gasteiger partial charge in [0, 0.05) is 13.1 Å². The van der Waals surface area contributed by atoms with E-state index in [0.717, 1.165) is 13.1 Å². The lowest BCUT2D eigenvalue weighted by Crippen LogP contribution is -2.33. The van der Waals surface area contributed by atoms with Crippen molar-refractivity contribution in [3.8, 4) is 0 Å². The van der Waals surface area contributed by atoms with E-state index in [1.165, 1.54) is 12.8 Å². The third-order valence-corrected chi connectivity index (χ3v) is 3.07. The molecule has 0 aromatic heterocycles. The van der Waals surface area contributed by atoms with E-state index in [2.05, 4.69) is 38.0 Å². The summed E-state index contributed by atoms with van der Waals surface area (Å²) in [5.74, 6) is 0.963. The van der Waals surface area contributed by atoms with Crippen LogP contribution in [-0.4, -0.2) is 62.3 Å². The van der Waals surface area contributed by atoms with E-state index in [0.29, 0.717) is 11.8 Å². The number of rotatable bonds is 4. The average Bonchev–Trinajstić information content (AvgIpc) is 2.34. The minimum atomic E-state index is -0.0974. The SMILES string of the molecule is CN(C)CC1CCC(CN(C)C)C1O.Cl. The molecule has 0 saturated heterocycles. The highest BCUT2D eigenvalue weighted by Crippen LogP contribution is 2.31. The molecule has 0 aliphatic heterocycles. The molecule has 4 heteroatoms. The predicted molar refractivity (Wildman–Crippen MR) is 66.6 cm³/mol. The molecule has 1 aliphatic rings. The largest absolute Gasteiger partial charge is 0.392 e.